The third kappa shape index (κ3) is 6.13. The van der Waals surface area contributed by atoms with Gasteiger partial charge in [0, 0.05) is 67.6 Å². The fourth-order valence-electron chi connectivity index (χ4n) is 4.48. The van der Waals surface area contributed by atoms with Crippen molar-refractivity contribution in [3.8, 4) is 11.1 Å². The molecule has 218 valence electrons. The number of hydrogen-bond donors (Lipinski definition) is 4. The van der Waals surface area contributed by atoms with Crippen LogP contribution in [-0.2, 0) is 4.74 Å². The van der Waals surface area contributed by atoms with E-state index in [-0.39, 0.29) is 30.1 Å². The summed E-state index contributed by atoms with van der Waals surface area (Å²) in [6, 6.07) is -0.337. The highest BCUT2D eigenvalue weighted by molar-refractivity contribution is 6.11. The van der Waals surface area contributed by atoms with Crippen LogP contribution in [0.4, 0.5) is 17.8 Å². The molecule has 0 saturated carbocycles. The second kappa shape index (κ2) is 11.8. The van der Waals surface area contributed by atoms with Gasteiger partial charge in [-0.25, -0.2) is 39.9 Å². The topological polar surface area (TPSA) is 228 Å². The molecule has 0 radical (unpaired) electrons. The number of ether oxygens (including phenoxy) is 1. The molecule has 2 unspecified atom stereocenters. The first kappa shape index (κ1) is 28.4. The molecule has 42 heavy (non-hydrogen) atoms. The Balaban J connectivity index is 0.000000211. The number of morpholine rings is 1. The van der Waals surface area contributed by atoms with Crippen LogP contribution in [0, 0.1) is 0 Å². The summed E-state index contributed by atoms with van der Waals surface area (Å²) < 4.78 is 5.48. The van der Waals surface area contributed by atoms with E-state index >= 15 is 0 Å². The Bertz CT molecular complexity index is 1450. The number of aliphatic hydroxyl groups is 1. The lowest BCUT2D eigenvalue weighted by Gasteiger charge is -2.36. The van der Waals surface area contributed by atoms with Crippen LogP contribution in [0.15, 0.2) is 64.9 Å². The normalized spacial score (nSPS) is 20.0. The fourth-order valence-corrected chi connectivity index (χ4v) is 4.48. The van der Waals surface area contributed by atoms with E-state index in [4.69, 9.17) is 36.9 Å². The first-order chi connectivity index (χ1) is 20.1. The van der Waals surface area contributed by atoms with Crippen molar-refractivity contribution in [1.29, 1.82) is 0 Å². The number of fused-ring (bicyclic) bond motifs is 1. The second-order valence-corrected chi connectivity index (χ2v) is 9.97. The summed E-state index contributed by atoms with van der Waals surface area (Å²) in [7, 11) is 0. The SMILES string of the molecule is C=CN1C(C(C)(C)O)=NC2C(N3CCOCC3)=NC(c3cnc(N)nc3)=NC21.Nc1ncc(-c2cnc(N)nc2)cn1. The average molecular weight is 573 g/mol. The minimum Gasteiger partial charge on any atom is -0.383 e. The molecule has 3 aromatic heterocycles. The fraction of sp³-hybridized carbons (Fsp3) is 0.346. The van der Waals surface area contributed by atoms with Crippen molar-refractivity contribution in [3.63, 3.8) is 0 Å². The maximum atomic E-state index is 10.6. The maximum absolute atomic E-state index is 10.6. The summed E-state index contributed by atoms with van der Waals surface area (Å²) in [5.74, 6) is 2.48. The van der Waals surface area contributed by atoms with Gasteiger partial charge in [0.1, 0.15) is 17.3 Å². The van der Waals surface area contributed by atoms with Crippen molar-refractivity contribution in [1.82, 2.24) is 39.7 Å². The van der Waals surface area contributed by atoms with Crippen LogP contribution in [0.1, 0.15) is 19.4 Å². The van der Waals surface area contributed by atoms with E-state index in [9.17, 15) is 5.11 Å². The number of aliphatic imine (C=N–C) groups is 3. The summed E-state index contributed by atoms with van der Waals surface area (Å²) in [6.07, 6.45) is 10.9. The van der Waals surface area contributed by atoms with E-state index in [0.717, 1.165) is 30.1 Å². The molecule has 3 aliphatic rings. The van der Waals surface area contributed by atoms with Gasteiger partial charge >= 0.3 is 0 Å². The summed E-state index contributed by atoms with van der Waals surface area (Å²) in [5.41, 5.74) is 17.5. The molecule has 7 N–H and O–H groups in total. The Morgan fingerprint density at radius 1 is 0.833 bits per heavy atom. The highest BCUT2D eigenvalue weighted by atomic mass is 16.5. The molecular weight excluding hydrogens is 540 g/mol. The van der Waals surface area contributed by atoms with Gasteiger partial charge in [0.05, 0.1) is 18.8 Å². The monoisotopic (exact) mass is 572 g/mol. The highest BCUT2D eigenvalue weighted by Gasteiger charge is 2.46. The number of rotatable bonds is 4. The minimum absolute atomic E-state index is 0.191. The lowest BCUT2D eigenvalue weighted by atomic mass is 10.1. The number of aromatic nitrogens is 6. The summed E-state index contributed by atoms with van der Waals surface area (Å²) in [4.78, 5) is 41.9. The Morgan fingerprint density at radius 3 is 1.76 bits per heavy atom. The van der Waals surface area contributed by atoms with Crippen LogP contribution in [0.25, 0.3) is 11.1 Å². The Kier molecular flexibility index (Phi) is 7.99. The third-order valence-electron chi connectivity index (χ3n) is 6.50. The zero-order valence-corrected chi connectivity index (χ0v) is 23.2. The van der Waals surface area contributed by atoms with Crippen molar-refractivity contribution in [2.75, 3.05) is 43.5 Å². The first-order valence-electron chi connectivity index (χ1n) is 13.1. The Hall–Kier alpha value is -5.09. The molecule has 0 bridgehead atoms. The number of nitrogens with zero attached hydrogens (tertiary/aromatic N) is 11. The van der Waals surface area contributed by atoms with E-state index in [1.165, 1.54) is 0 Å². The standard InChI is InChI=1S/C18H24N8O2.C8H8N6/c1-4-26-15-12(22-16(26)18(2,3)27)14(25-5-7-28-8-6-25)23-13(24-15)11-9-20-17(19)21-10-11;9-7-11-1-5(2-12-7)6-3-13-8(10)14-4-6/h4,9-10,12,15,27H,1,5-8H2,2-3H3,(H2,19,20,21);1-4H,(H2,9,11,12)(H2,10,13,14). The number of anilines is 3. The molecule has 0 spiro atoms. The van der Waals surface area contributed by atoms with Crippen molar-refractivity contribution in [2.24, 2.45) is 15.0 Å². The molecule has 0 aromatic carbocycles. The van der Waals surface area contributed by atoms with Crippen LogP contribution < -0.4 is 17.2 Å². The summed E-state index contributed by atoms with van der Waals surface area (Å²) in [6.45, 7) is 9.98. The predicted molar refractivity (Wildman–Crippen MR) is 158 cm³/mol. The molecule has 1 saturated heterocycles. The lowest BCUT2D eigenvalue weighted by molar-refractivity contribution is 0.0663. The molecule has 3 aromatic rings. The number of amidine groups is 3. The summed E-state index contributed by atoms with van der Waals surface area (Å²) >= 11 is 0. The van der Waals surface area contributed by atoms with Gasteiger partial charge in [0.15, 0.2) is 18.0 Å². The predicted octanol–water partition coefficient (Wildman–Crippen LogP) is -0.0291. The van der Waals surface area contributed by atoms with E-state index in [1.54, 1.807) is 62.1 Å². The number of nitrogen functional groups attached to an aromatic ring is 3. The highest BCUT2D eigenvalue weighted by Crippen LogP contribution is 2.30. The van der Waals surface area contributed by atoms with E-state index in [1.807, 2.05) is 0 Å². The van der Waals surface area contributed by atoms with Crippen molar-refractivity contribution in [2.45, 2.75) is 31.7 Å². The van der Waals surface area contributed by atoms with Crippen LogP contribution in [0.5, 0.6) is 0 Å². The lowest BCUT2D eigenvalue weighted by Crippen LogP contribution is -2.52. The largest absolute Gasteiger partial charge is 0.383 e. The molecule has 2 atom stereocenters. The van der Waals surface area contributed by atoms with Gasteiger partial charge in [-0.1, -0.05) is 6.58 Å². The molecule has 3 aliphatic heterocycles. The molecule has 16 nitrogen and oxygen atoms in total. The molecule has 0 amide bonds. The van der Waals surface area contributed by atoms with E-state index in [0.29, 0.717) is 30.4 Å². The van der Waals surface area contributed by atoms with Crippen LogP contribution in [-0.4, -0.2) is 106 Å². The maximum Gasteiger partial charge on any atom is 0.219 e. The molecule has 16 heteroatoms. The Morgan fingerprint density at radius 2 is 1.31 bits per heavy atom. The van der Waals surface area contributed by atoms with E-state index in [2.05, 4.69) is 41.4 Å². The van der Waals surface area contributed by atoms with E-state index < -0.39 is 5.60 Å². The van der Waals surface area contributed by atoms with Crippen LogP contribution in [0.3, 0.4) is 0 Å². The van der Waals surface area contributed by atoms with Gasteiger partial charge in [-0.15, -0.1) is 0 Å². The quantitative estimate of drug-likeness (QED) is 0.322. The third-order valence-corrected chi connectivity index (χ3v) is 6.50. The minimum atomic E-state index is -1.14. The number of nitrogens with two attached hydrogens (primary N) is 3. The smallest absolute Gasteiger partial charge is 0.219 e. The molecule has 0 aliphatic carbocycles. The van der Waals surface area contributed by atoms with Crippen molar-refractivity contribution < 1.29 is 9.84 Å². The van der Waals surface area contributed by atoms with Gasteiger partial charge in [-0.2, -0.15) is 0 Å². The zero-order valence-electron chi connectivity index (χ0n) is 23.2. The van der Waals surface area contributed by atoms with Gasteiger partial charge < -0.3 is 36.8 Å². The van der Waals surface area contributed by atoms with Crippen LogP contribution >= 0.6 is 0 Å². The van der Waals surface area contributed by atoms with Crippen molar-refractivity contribution in [3.05, 3.63) is 55.5 Å². The Labute approximate surface area is 241 Å². The second-order valence-electron chi connectivity index (χ2n) is 9.97. The first-order valence-corrected chi connectivity index (χ1v) is 13.1. The van der Waals surface area contributed by atoms with Gasteiger partial charge in [-0.05, 0) is 13.8 Å². The molecule has 6 heterocycles. The van der Waals surface area contributed by atoms with Crippen molar-refractivity contribution >= 4 is 35.4 Å². The summed E-state index contributed by atoms with van der Waals surface area (Å²) in [5, 5.41) is 10.6. The van der Waals surface area contributed by atoms with Gasteiger partial charge in [0.25, 0.3) is 0 Å². The number of hydrogen-bond acceptors (Lipinski definition) is 16. The molecule has 6 rings (SSSR count). The van der Waals surface area contributed by atoms with Crippen LogP contribution in [0.2, 0.25) is 0 Å². The molecule has 1 fully saturated rings. The van der Waals surface area contributed by atoms with Gasteiger partial charge in [-0.3, -0.25) is 4.99 Å². The average Bonchev–Trinajstić information content (AvgIpc) is 3.38. The molecular formula is C26H32N14O2. The van der Waals surface area contributed by atoms with Gasteiger partial charge in [0.2, 0.25) is 17.8 Å². The zero-order chi connectivity index (χ0) is 29.9.